The Morgan fingerprint density at radius 2 is 1.89 bits per heavy atom. The van der Waals surface area contributed by atoms with Gasteiger partial charge in [0.25, 0.3) is 0 Å². The minimum absolute atomic E-state index is 0.565. The largest absolute Gasteiger partial charge is 0.399 e. The number of hydrogen-bond donors (Lipinski definition) is 2. The summed E-state index contributed by atoms with van der Waals surface area (Å²) in [5.74, 6) is 0.657. The van der Waals surface area contributed by atoms with E-state index in [9.17, 15) is 0 Å². The van der Waals surface area contributed by atoms with Gasteiger partial charge in [-0.1, -0.05) is 30.3 Å². The van der Waals surface area contributed by atoms with Gasteiger partial charge in [-0.15, -0.1) is 0 Å². The highest BCUT2D eigenvalue weighted by Gasteiger charge is 2.38. The lowest BCUT2D eigenvalue weighted by atomic mass is 10.1. The maximum Gasteiger partial charge on any atom is 0.0346 e. The van der Waals surface area contributed by atoms with Crippen LogP contribution in [0.15, 0.2) is 48.5 Å². The van der Waals surface area contributed by atoms with Gasteiger partial charge in [0.05, 0.1) is 0 Å². The molecule has 2 aromatic carbocycles. The van der Waals surface area contributed by atoms with Crippen molar-refractivity contribution < 1.29 is 0 Å². The zero-order valence-electron chi connectivity index (χ0n) is 10.6. The Bertz CT molecular complexity index is 548. The fraction of sp³-hybridized carbons (Fsp3) is 0.250. The number of hydrogen-bond acceptors (Lipinski definition) is 2. The topological polar surface area (TPSA) is 38.0 Å². The Morgan fingerprint density at radius 1 is 1.11 bits per heavy atom. The van der Waals surface area contributed by atoms with Gasteiger partial charge >= 0.3 is 0 Å². The van der Waals surface area contributed by atoms with Gasteiger partial charge in [0, 0.05) is 23.3 Å². The molecule has 0 saturated heterocycles. The van der Waals surface area contributed by atoms with Gasteiger partial charge in [0.2, 0.25) is 0 Å². The number of nitrogen functional groups attached to an aromatic ring is 1. The highest BCUT2D eigenvalue weighted by Crippen LogP contribution is 2.42. The second kappa shape index (κ2) is 4.37. The number of rotatable bonds is 3. The van der Waals surface area contributed by atoms with E-state index in [1.54, 1.807) is 0 Å². The third kappa shape index (κ3) is 2.19. The van der Waals surface area contributed by atoms with Crippen molar-refractivity contribution in [2.45, 2.75) is 25.3 Å². The maximum atomic E-state index is 5.83. The van der Waals surface area contributed by atoms with E-state index in [1.165, 1.54) is 17.7 Å². The number of aryl methyl sites for hydroxylation is 1. The van der Waals surface area contributed by atoms with Crippen LogP contribution >= 0.6 is 0 Å². The molecule has 0 spiro atoms. The van der Waals surface area contributed by atoms with Crippen molar-refractivity contribution in [3.63, 3.8) is 0 Å². The first kappa shape index (κ1) is 11.1. The first-order valence-electron chi connectivity index (χ1n) is 6.41. The Hall–Kier alpha value is -1.96. The quantitative estimate of drug-likeness (QED) is 0.803. The molecular formula is C16H18N2. The molecule has 3 rings (SSSR count). The zero-order chi connectivity index (χ0) is 12.5. The van der Waals surface area contributed by atoms with Gasteiger partial charge in [0.15, 0.2) is 0 Å². The maximum absolute atomic E-state index is 5.83. The van der Waals surface area contributed by atoms with Crippen LogP contribution in [0.2, 0.25) is 0 Å². The third-order valence-corrected chi connectivity index (χ3v) is 3.64. The lowest BCUT2D eigenvalue weighted by Gasteiger charge is -2.08. The lowest BCUT2D eigenvalue weighted by Crippen LogP contribution is -2.04. The molecule has 1 fully saturated rings. The van der Waals surface area contributed by atoms with E-state index in [0.29, 0.717) is 12.0 Å². The first-order valence-corrected chi connectivity index (χ1v) is 6.41. The summed E-state index contributed by atoms with van der Waals surface area (Å²) in [5.41, 5.74) is 10.4. The standard InChI is InChI=1S/C16H18N2/c1-11-9-13(7-8-15(11)17)18-16-10-14(16)12-5-3-2-4-6-12/h2-9,14,16,18H,10,17H2,1H3. The molecule has 0 heterocycles. The van der Waals surface area contributed by atoms with Gasteiger partial charge < -0.3 is 11.1 Å². The van der Waals surface area contributed by atoms with Crippen molar-refractivity contribution in [1.29, 1.82) is 0 Å². The van der Waals surface area contributed by atoms with Gasteiger partial charge in [0.1, 0.15) is 0 Å². The molecule has 1 aliphatic carbocycles. The summed E-state index contributed by atoms with van der Waals surface area (Å²) in [6.45, 7) is 2.04. The molecule has 92 valence electrons. The van der Waals surface area contributed by atoms with Gasteiger partial charge in [-0.3, -0.25) is 0 Å². The molecule has 1 saturated carbocycles. The molecule has 0 aliphatic heterocycles. The molecular weight excluding hydrogens is 220 g/mol. The van der Waals surface area contributed by atoms with Crippen LogP contribution in [0.1, 0.15) is 23.5 Å². The monoisotopic (exact) mass is 238 g/mol. The van der Waals surface area contributed by atoms with E-state index in [1.807, 2.05) is 13.0 Å². The molecule has 2 heteroatoms. The van der Waals surface area contributed by atoms with E-state index >= 15 is 0 Å². The second-order valence-corrected chi connectivity index (χ2v) is 5.08. The summed E-state index contributed by atoms with van der Waals surface area (Å²) in [6.07, 6.45) is 1.22. The van der Waals surface area contributed by atoms with Crippen molar-refractivity contribution >= 4 is 11.4 Å². The molecule has 2 unspecified atom stereocenters. The lowest BCUT2D eigenvalue weighted by molar-refractivity contribution is 1.05. The minimum Gasteiger partial charge on any atom is -0.399 e. The molecule has 2 aromatic rings. The SMILES string of the molecule is Cc1cc(NC2CC2c2ccccc2)ccc1N. The highest BCUT2D eigenvalue weighted by atomic mass is 15.0. The molecule has 1 aliphatic rings. The van der Waals surface area contributed by atoms with Crippen LogP contribution in [0.5, 0.6) is 0 Å². The smallest absolute Gasteiger partial charge is 0.0346 e. The molecule has 2 nitrogen and oxygen atoms in total. The summed E-state index contributed by atoms with van der Waals surface area (Å²) >= 11 is 0. The average molecular weight is 238 g/mol. The van der Waals surface area contributed by atoms with E-state index in [0.717, 1.165) is 11.3 Å². The van der Waals surface area contributed by atoms with E-state index in [2.05, 4.69) is 47.8 Å². The van der Waals surface area contributed by atoms with Crippen LogP contribution in [-0.4, -0.2) is 6.04 Å². The normalized spacial score (nSPS) is 21.6. The van der Waals surface area contributed by atoms with Crippen LogP contribution in [0.25, 0.3) is 0 Å². The molecule has 3 N–H and O–H groups in total. The van der Waals surface area contributed by atoms with Crippen LogP contribution < -0.4 is 11.1 Å². The number of nitrogens with two attached hydrogens (primary N) is 1. The average Bonchev–Trinajstić information content (AvgIpc) is 3.14. The van der Waals surface area contributed by atoms with Crippen molar-refractivity contribution in [1.82, 2.24) is 0 Å². The van der Waals surface area contributed by atoms with Crippen molar-refractivity contribution in [2.24, 2.45) is 0 Å². The fourth-order valence-electron chi connectivity index (χ4n) is 2.40. The third-order valence-electron chi connectivity index (χ3n) is 3.64. The van der Waals surface area contributed by atoms with Crippen LogP contribution in [0, 0.1) is 6.92 Å². The Kier molecular flexibility index (Phi) is 2.71. The zero-order valence-corrected chi connectivity index (χ0v) is 10.6. The first-order chi connectivity index (χ1) is 8.74. The summed E-state index contributed by atoms with van der Waals surface area (Å²) in [4.78, 5) is 0. The predicted molar refractivity (Wildman–Crippen MR) is 76.8 cm³/mol. The van der Waals surface area contributed by atoms with Gasteiger partial charge in [-0.25, -0.2) is 0 Å². The van der Waals surface area contributed by atoms with Crippen molar-refractivity contribution in [2.75, 3.05) is 11.1 Å². The Balaban J connectivity index is 1.67. The molecule has 0 radical (unpaired) electrons. The van der Waals surface area contributed by atoms with E-state index < -0.39 is 0 Å². The molecule has 2 atom stereocenters. The molecule has 0 aromatic heterocycles. The second-order valence-electron chi connectivity index (χ2n) is 5.08. The number of benzene rings is 2. The van der Waals surface area contributed by atoms with Gasteiger partial charge in [-0.05, 0) is 42.7 Å². The summed E-state index contributed by atoms with van der Waals surface area (Å²) in [7, 11) is 0. The van der Waals surface area contributed by atoms with E-state index in [-0.39, 0.29) is 0 Å². The summed E-state index contributed by atoms with van der Waals surface area (Å²) < 4.78 is 0. The van der Waals surface area contributed by atoms with Crippen molar-refractivity contribution in [3.05, 3.63) is 59.7 Å². The van der Waals surface area contributed by atoms with Gasteiger partial charge in [-0.2, -0.15) is 0 Å². The number of nitrogens with one attached hydrogen (secondary N) is 1. The molecule has 0 amide bonds. The molecule has 18 heavy (non-hydrogen) atoms. The predicted octanol–water partition coefficient (Wildman–Crippen LogP) is 3.55. The Labute approximate surface area is 108 Å². The summed E-state index contributed by atoms with van der Waals surface area (Å²) in [5, 5.41) is 3.58. The van der Waals surface area contributed by atoms with E-state index in [4.69, 9.17) is 5.73 Å². The summed E-state index contributed by atoms with van der Waals surface area (Å²) in [6, 6.07) is 17.4. The Morgan fingerprint density at radius 3 is 2.61 bits per heavy atom. The van der Waals surface area contributed by atoms with Crippen LogP contribution in [-0.2, 0) is 0 Å². The minimum atomic E-state index is 0.565. The fourth-order valence-corrected chi connectivity index (χ4v) is 2.40. The van der Waals surface area contributed by atoms with Crippen LogP contribution in [0.3, 0.4) is 0 Å². The number of anilines is 2. The highest BCUT2D eigenvalue weighted by molar-refractivity contribution is 5.58. The van der Waals surface area contributed by atoms with Crippen LogP contribution in [0.4, 0.5) is 11.4 Å². The molecule has 0 bridgehead atoms. The van der Waals surface area contributed by atoms with Crippen molar-refractivity contribution in [3.8, 4) is 0 Å².